The van der Waals surface area contributed by atoms with Gasteiger partial charge in [0, 0.05) is 25.9 Å². The monoisotopic (exact) mass is 374 g/mol. The van der Waals surface area contributed by atoms with E-state index in [1.165, 1.54) is 5.56 Å². The summed E-state index contributed by atoms with van der Waals surface area (Å²) in [6.07, 6.45) is 2.76. The van der Waals surface area contributed by atoms with Gasteiger partial charge < -0.3 is 15.4 Å². The second-order valence-electron chi connectivity index (χ2n) is 5.89. The summed E-state index contributed by atoms with van der Waals surface area (Å²) in [7, 11) is 0. The number of nitrogens with one attached hydrogen (secondary N) is 2. The SMILES string of the molecule is CCNC(=NCc1ccc(Cl)nc1)NCCCOC(C)c1ccccc1. The van der Waals surface area contributed by atoms with Gasteiger partial charge in [0.05, 0.1) is 12.6 Å². The average Bonchev–Trinajstić information content (AvgIpc) is 2.67. The molecule has 0 saturated carbocycles. The van der Waals surface area contributed by atoms with Crippen molar-refractivity contribution in [3.63, 3.8) is 0 Å². The summed E-state index contributed by atoms with van der Waals surface area (Å²) >= 11 is 5.80. The zero-order chi connectivity index (χ0) is 18.6. The van der Waals surface area contributed by atoms with E-state index in [1.54, 1.807) is 12.3 Å². The lowest BCUT2D eigenvalue weighted by molar-refractivity contribution is 0.0646. The van der Waals surface area contributed by atoms with E-state index in [9.17, 15) is 0 Å². The van der Waals surface area contributed by atoms with Crippen LogP contribution in [0.1, 0.15) is 37.5 Å². The molecule has 1 heterocycles. The highest BCUT2D eigenvalue weighted by Crippen LogP contribution is 2.15. The van der Waals surface area contributed by atoms with Crippen molar-refractivity contribution in [2.45, 2.75) is 32.9 Å². The normalized spacial score (nSPS) is 12.7. The number of benzene rings is 1. The van der Waals surface area contributed by atoms with Crippen molar-refractivity contribution < 1.29 is 4.74 Å². The van der Waals surface area contributed by atoms with E-state index < -0.39 is 0 Å². The van der Waals surface area contributed by atoms with Crippen LogP contribution in [0.15, 0.2) is 53.7 Å². The zero-order valence-corrected chi connectivity index (χ0v) is 16.2. The van der Waals surface area contributed by atoms with Crippen LogP contribution in [-0.4, -0.2) is 30.6 Å². The Morgan fingerprint density at radius 1 is 1.19 bits per heavy atom. The van der Waals surface area contributed by atoms with E-state index in [0.29, 0.717) is 18.3 Å². The number of nitrogens with zero attached hydrogens (tertiary/aromatic N) is 2. The Labute approximate surface area is 160 Å². The summed E-state index contributed by atoms with van der Waals surface area (Å²) in [4.78, 5) is 8.63. The van der Waals surface area contributed by atoms with Crippen LogP contribution in [0.2, 0.25) is 5.15 Å². The molecule has 2 N–H and O–H groups in total. The van der Waals surface area contributed by atoms with Gasteiger partial charge in [-0.1, -0.05) is 48.0 Å². The van der Waals surface area contributed by atoms with Crippen LogP contribution in [0.5, 0.6) is 0 Å². The number of hydrogen-bond acceptors (Lipinski definition) is 3. The van der Waals surface area contributed by atoms with E-state index in [4.69, 9.17) is 16.3 Å². The summed E-state index contributed by atoms with van der Waals surface area (Å²) in [6, 6.07) is 14.0. The van der Waals surface area contributed by atoms with Crippen LogP contribution < -0.4 is 10.6 Å². The Hall–Kier alpha value is -2.11. The highest BCUT2D eigenvalue weighted by atomic mass is 35.5. The van der Waals surface area contributed by atoms with E-state index in [0.717, 1.165) is 31.0 Å². The highest BCUT2D eigenvalue weighted by molar-refractivity contribution is 6.29. The minimum atomic E-state index is 0.107. The molecule has 0 bridgehead atoms. The predicted octanol–water partition coefficient (Wildman–Crippen LogP) is 3.96. The third kappa shape index (κ3) is 7.42. The van der Waals surface area contributed by atoms with Gasteiger partial charge >= 0.3 is 0 Å². The van der Waals surface area contributed by atoms with Crippen molar-refractivity contribution in [1.82, 2.24) is 15.6 Å². The molecule has 0 aliphatic rings. The zero-order valence-electron chi connectivity index (χ0n) is 15.4. The second-order valence-corrected chi connectivity index (χ2v) is 6.28. The Morgan fingerprint density at radius 2 is 2.00 bits per heavy atom. The van der Waals surface area contributed by atoms with Crippen molar-refractivity contribution in [3.8, 4) is 0 Å². The van der Waals surface area contributed by atoms with Crippen molar-refractivity contribution in [1.29, 1.82) is 0 Å². The first-order valence-corrected chi connectivity index (χ1v) is 9.36. The smallest absolute Gasteiger partial charge is 0.191 e. The van der Waals surface area contributed by atoms with Gasteiger partial charge in [-0.15, -0.1) is 0 Å². The number of aromatic nitrogens is 1. The van der Waals surface area contributed by atoms with Crippen LogP contribution in [0.4, 0.5) is 0 Å². The Morgan fingerprint density at radius 3 is 2.69 bits per heavy atom. The lowest BCUT2D eigenvalue weighted by Gasteiger charge is -2.14. The van der Waals surface area contributed by atoms with Crippen LogP contribution in [0.3, 0.4) is 0 Å². The molecule has 1 aromatic carbocycles. The molecule has 0 aliphatic carbocycles. The molecule has 5 nitrogen and oxygen atoms in total. The van der Waals surface area contributed by atoms with Gasteiger partial charge in [0.1, 0.15) is 5.15 Å². The van der Waals surface area contributed by atoms with Crippen molar-refractivity contribution in [2.24, 2.45) is 4.99 Å². The van der Waals surface area contributed by atoms with E-state index in [2.05, 4.69) is 39.7 Å². The largest absolute Gasteiger partial charge is 0.374 e. The van der Waals surface area contributed by atoms with E-state index >= 15 is 0 Å². The maximum absolute atomic E-state index is 5.89. The van der Waals surface area contributed by atoms with Gasteiger partial charge in [-0.3, -0.25) is 0 Å². The molecule has 1 atom stereocenters. The molecule has 0 radical (unpaired) electrons. The first kappa shape index (κ1) is 20.2. The number of ether oxygens (including phenoxy) is 1. The molecule has 140 valence electrons. The molecule has 0 amide bonds. The van der Waals surface area contributed by atoms with Gasteiger partial charge in [-0.05, 0) is 37.5 Å². The standard InChI is InChI=1S/C20H27ClN4O/c1-3-22-20(25-15-17-10-11-19(21)24-14-17)23-12-7-13-26-16(2)18-8-5-4-6-9-18/h4-6,8-11,14,16H,3,7,12-13,15H2,1-2H3,(H2,22,23,25). The maximum Gasteiger partial charge on any atom is 0.191 e. The van der Waals surface area contributed by atoms with Gasteiger partial charge in [-0.25, -0.2) is 9.98 Å². The summed E-state index contributed by atoms with van der Waals surface area (Å²) in [6.45, 7) is 6.99. The van der Waals surface area contributed by atoms with E-state index in [-0.39, 0.29) is 6.10 Å². The number of guanidine groups is 1. The molecule has 0 aliphatic heterocycles. The van der Waals surface area contributed by atoms with Crippen LogP contribution in [-0.2, 0) is 11.3 Å². The lowest BCUT2D eigenvalue weighted by atomic mass is 10.1. The van der Waals surface area contributed by atoms with Crippen molar-refractivity contribution in [3.05, 3.63) is 64.9 Å². The number of hydrogen-bond donors (Lipinski definition) is 2. The number of halogens is 1. The Balaban J connectivity index is 1.70. The van der Waals surface area contributed by atoms with Gasteiger partial charge in [-0.2, -0.15) is 0 Å². The molecule has 2 rings (SSSR count). The van der Waals surface area contributed by atoms with Crippen LogP contribution in [0, 0.1) is 0 Å². The maximum atomic E-state index is 5.89. The molecular weight excluding hydrogens is 348 g/mol. The van der Waals surface area contributed by atoms with Gasteiger partial charge in [0.25, 0.3) is 0 Å². The van der Waals surface area contributed by atoms with Crippen LogP contribution in [0.25, 0.3) is 0 Å². The summed E-state index contributed by atoms with van der Waals surface area (Å²) in [5.74, 6) is 0.790. The summed E-state index contributed by atoms with van der Waals surface area (Å²) in [5.41, 5.74) is 2.22. The molecule has 26 heavy (non-hydrogen) atoms. The van der Waals surface area contributed by atoms with Crippen molar-refractivity contribution in [2.75, 3.05) is 19.7 Å². The fourth-order valence-electron chi connectivity index (χ4n) is 2.37. The third-order valence-corrected chi connectivity index (χ3v) is 4.03. The number of rotatable bonds is 9. The average molecular weight is 375 g/mol. The third-order valence-electron chi connectivity index (χ3n) is 3.80. The molecular formula is C20H27ClN4O. The summed E-state index contributed by atoms with van der Waals surface area (Å²) in [5, 5.41) is 7.06. The fourth-order valence-corrected chi connectivity index (χ4v) is 2.48. The van der Waals surface area contributed by atoms with Crippen LogP contribution >= 0.6 is 11.6 Å². The molecule has 0 spiro atoms. The molecule has 1 aromatic heterocycles. The predicted molar refractivity (Wildman–Crippen MR) is 107 cm³/mol. The fraction of sp³-hybridized carbons (Fsp3) is 0.400. The molecule has 2 aromatic rings. The number of aliphatic imine (C=N–C) groups is 1. The molecule has 0 fully saturated rings. The second kappa shape index (κ2) is 11.5. The molecule has 1 unspecified atom stereocenters. The molecule has 0 saturated heterocycles. The Kier molecular flexibility index (Phi) is 8.93. The van der Waals surface area contributed by atoms with Crippen molar-refractivity contribution >= 4 is 17.6 Å². The Bertz CT molecular complexity index is 661. The lowest BCUT2D eigenvalue weighted by Crippen LogP contribution is -2.38. The quantitative estimate of drug-likeness (QED) is 0.302. The minimum Gasteiger partial charge on any atom is -0.374 e. The first-order chi connectivity index (χ1) is 12.7. The van der Waals surface area contributed by atoms with Gasteiger partial charge in [0.2, 0.25) is 0 Å². The van der Waals surface area contributed by atoms with Gasteiger partial charge in [0.15, 0.2) is 5.96 Å². The summed E-state index contributed by atoms with van der Waals surface area (Å²) < 4.78 is 5.89. The highest BCUT2D eigenvalue weighted by Gasteiger charge is 2.04. The number of pyridine rings is 1. The minimum absolute atomic E-state index is 0.107. The van der Waals surface area contributed by atoms with E-state index in [1.807, 2.05) is 31.2 Å². The topological polar surface area (TPSA) is 58.5 Å². The first-order valence-electron chi connectivity index (χ1n) is 8.98. The molecule has 6 heteroatoms.